The van der Waals surface area contributed by atoms with Crippen molar-refractivity contribution in [2.75, 3.05) is 32.8 Å². The lowest BCUT2D eigenvalue weighted by Crippen LogP contribution is -2.35. The third-order valence-electron chi connectivity index (χ3n) is 4.22. The largest absolute Gasteiger partial charge is 0.486 e. The minimum Gasteiger partial charge on any atom is -0.486 e. The predicted octanol–water partition coefficient (Wildman–Crippen LogP) is 2.33. The molecule has 0 bridgehead atoms. The Labute approximate surface area is 120 Å². The monoisotopic (exact) mass is 276 g/mol. The highest BCUT2D eigenvalue weighted by Crippen LogP contribution is 2.35. The topological polar surface area (TPSA) is 47.7 Å². The average molecular weight is 276 g/mol. The molecule has 0 saturated carbocycles. The third kappa shape index (κ3) is 2.91. The number of hydrogen-bond acceptors (Lipinski definition) is 4. The summed E-state index contributed by atoms with van der Waals surface area (Å²) in [6.45, 7) is 4.36. The van der Waals surface area contributed by atoms with Crippen molar-refractivity contribution in [2.24, 2.45) is 5.73 Å². The first-order valence-electron chi connectivity index (χ1n) is 7.72. The maximum absolute atomic E-state index is 5.83. The van der Waals surface area contributed by atoms with Crippen LogP contribution in [-0.4, -0.2) is 37.7 Å². The predicted molar refractivity (Wildman–Crippen MR) is 79.3 cm³/mol. The molecule has 1 saturated heterocycles. The maximum Gasteiger partial charge on any atom is 0.161 e. The molecule has 1 aromatic rings. The molecule has 2 aliphatic heterocycles. The SMILES string of the molecule is NCCC(c1ccc2c(c1)OCCO2)N1CCCCC1. The fourth-order valence-corrected chi connectivity index (χ4v) is 3.22. The third-order valence-corrected chi connectivity index (χ3v) is 4.22. The molecule has 4 nitrogen and oxygen atoms in total. The molecular weight excluding hydrogens is 252 g/mol. The Morgan fingerprint density at radius 2 is 1.80 bits per heavy atom. The van der Waals surface area contributed by atoms with Crippen LogP contribution in [0.2, 0.25) is 0 Å². The van der Waals surface area contributed by atoms with Crippen LogP contribution in [-0.2, 0) is 0 Å². The number of nitrogens with two attached hydrogens (primary N) is 1. The van der Waals surface area contributed by atoms with Gasteiger partial charge in [-0.3, -0.25) is 4.90 Å². The van der Waals surface area contributed by atoms with Gasteiger partial charge in [0, 0.05) is 6.04 Å². The van der Waals surface area contributed by atoms with E-state index in [1.165, 1.54) is 37.9 Å². The molecule has 2 heterocycles. The van der Waals surface area contributed by atoms with Crippen molar-refractivity contribution in [3.8, 4) is 11.5 Å². The summed E-state index contributed by atoms with van der Waals surface area (Å²) in [7, 11) is 0. The van der Waals surface area contributed by atoms with Crippen molar-refractivity contribution >= 4 is 0 Å². The first-order chi connectivity index (χ1) is 9.88. The van der Waals surface area contributed by atoms with E-state index >= 15 is 0 Å². The summed E-state index contributed by atoms with van der Waals surface area (Å²) in [6.07, 6.45) is 4.95. The van der Waals surface area contributed by atoms with Crippen LogP contribution in [0.5, 0.6) is 11.5 Å². The van der Waals surface area contributed by atoms with Gasteiger partial charge in [-0.05, 0) is 56.6 Å². The van der Waals surface area contributed by atoms with E-state index in [0.717, 1.165) is 24.5 Å². The van der Waals surface area contributed by atoms with Crippen LogP contribution >= 0.6 is 0 Å². The molecule has 0 aromatic heterocycles. The first-order valence-corrected chi connectivity index (χ1v) is 7.72. The minimum absolute atomic E-state index is 0.413. The molecule has 110 valence electrons. The second-order valence-corrected chi connectivity index (χ2v) is 5.59. The Balaban J connectivity index is 1.82. The molecule has 1 atom stereocenters. The maximum atomic E-state index is 5.83. The fraction of sp³-hybridized carbons (Fsp3) is 0.625. The van der Waals surface area contributed by atoms with E-state index < -0.39 is 0 Å². The van der Waals surface area contributed by atoms with E-state index in [2.05, 4.69) is 17.0 Å². The summed E-state index contributed by atoms with van der Waals surface area (Å²) in [4.78, 5) is 2.57. The molecular formula is C16H24N2O2. The standard InChI is InChI=1S/C16H24N2O2/c17-7-6-14(18-8-2-1-3-9-18)13-4-5-15-16(12-13)20-11-10-19-15/h4-5,12,14H,1-3,6-11,17H2. The number of fused-ring (bicyclic) bond motifs is 1. The molecule has 1 aromatic carbocycles. The van der Waals surface area contributed by atoms with Gasteiger partial charge in [-0.25, -0.2) is 0 Å². The van der Waals surface area contributed by atoms with Gasteiger partial charge in [-0.1, -0.05) is 12.5 Å². The van der Waals surface area contributed by atoms with Gasteiger partial charge >= 0.3 is 0 Å². The molecule has 1 unspecified atom stereocenters. The molecule has 2 N–H and O–H groups in total. The van der Waals surface area contributed by atoms with E-state index in [0.29, 0.717) is 19.3 Å². The molecule has 0 aliphatic carbocycles. The molecule has 2 aliphatic rings. The van der Waals surface area contributed by atoms with Crippen LogP contribution in [0, 0.1) is 0 Å². The Morgan fingerprint density at radius 1 is 1.05 bits per heavy atom. The van der Waals surface area contributed by atoms with Gasteiger partial charge in [-0.15, -0.1) is 0 Å². The zero-order valence-corrected chi connectivity index (χ0v) is 12.0. The van der Waals surface area contributed by atoms with Crippen LogP contribution < -0.4 is 15.2 Å². The first kappa shape index (κ1) is 13.7. The summed E-state index contributed by atoms with van der Waals surface area (Å²) < 4.78 is 11.3. The van der Waals surface area contributed by atoms with E-state index in [1.54, 1.807) is 0 Å². The smallest absolute Gasteiger partial charge is 0.161 e. The molecule has 1 fully saturated rings. The Morgan fingerprint density at radius 3 is 2.55 bits per heavy atom. The average Bonchev–Trinajstić information content (AvgIpc) is 2.53. The van der Waals surface area contributed by atoms with Crippen molar-refractivity contribution in [1.82, 2.24) is 4.90 Å². The normalized spacial score (nSPS) is 20.6. The van der Waals surface area contributed by atoms with Crippen LogP contribution in [0.1, 0.15) is 37.3 Å². The molecule has 0 amide bonds. The summed E-state index contributed by atoms with van der Waals surface area (Å²) >= 11 is 0. The second kappa shape index (κ2) is 6.46. The Bertz CT molecular complexity index is 444. The number of hydrogen-bond donors (Lipinski definition) is 1. The molecule has 0 spiro atoms. The van der Waals surface area contributed by atoms with E-state index in [-0.39, 0.29) is 0 Å². The lowest BCUT2D eigenvalue weighted by Gasteiger charge is -2.35. The van der Waals surface area contributed by atoms with Crippen LogP contribution in [0.3, 0.4) is 0 Å². The lowest BCUT2D eigenvalue weighted by molar-refractivity contribution is 0.154. The zero-order chi connectivity index (χ0) is 13.8. The highest BCUT2D eigenvalue weighted by Gasteiger charge is 2.23. The van der Waals surface area contributed by atoms with Crippen molar-refractivity contribution in [2.45, 2.75) is 31.7 Å². The Kier molecular flexibility index (Phi) is 4.43. The van der Waals surface area contributed by atoms with Crippen molar-refractivity contribution < 1.29 is 9.47 Å². The number of piperidine rings is 1. The quantitative estimate of drug-likeness (QED) is 0.917. The number of likely N-dealkylation sites (tertiary alicyclic amines) is 1. The van der Waals surface area contributed by atoms with Crippen LogP contribution in [0.25, 0.3) is 0 Å². The molecule has 0 radical (unpaired) electrons. The van der Waals surface area contributed by atoms with Crippen LogP contribution in [0.4, 0.5) is 0 Å². The lowest BCUT2D eigenvalue weighted by atomic mass is 9.98. The van der Waals surface area contributed by atoms with Gasteiger partial charge in [0.05, 0.1) is 0 Å². The van der Waals surface area contributed by atoms with Crippen molar-refractivity contribution in [3.63, 3.8) is 0 Å². The number of rotatable bonds is 4. The van der Waals surface area contributed by atoms with Crippen molar-refractivity contribution in [3.05, 3.63) is 23.8 Å². The summed E-state index contributed by atoms with van der Waals surface area (Å²) in [6, 6.07) is 6.76. The van der Waals surface area contributed by atoms with E-state index in [9.17, 15) is 0 Å². The number of nitrogens with zero attached hydrogens (tertiary/aromatic N) is 1. The summed E-state index contributed by atoms with van der Waals surface area (Å²) in [5, 5.41) is 0. The van der Waals surface area contributed by atoms with Gasteiger partial charge in [0.2, 0.25) is 0 Å². The highest BCUT2D eigenvalue weighted by atomic mass is 16.6. The van der Waals surface area contributed by atoms with E-state index in [1.807, 2.05) is 6.07 Å². The molecule has 20 heavy (non-hydrogen) atoms. The van der Waals surface area contributed by atoms with Gasteiger partial charge in [-0.2, -0.15) is 0 Å². The molecule has 4 heteroatoms. The van der Waals surface area contributed by atoms with Gasteiger partial charge in [0.1, 0.15) is 13.2 Å². The fourth-order valence-electron chi connectivity index (χ4n) is 3.22. The molecule has 3 rings (SSSR count). The second-order valence-electron chi connectivity index (χ2n) is 5.59. The number of benzene rings is 1. The highest BCUT2D eigenvalue weighted by molar-refractivity contribution is 5.44. The van der Waals surface area contributed by atoms with Gasteiger partial charge in [0.25, 0.3) is 0 Å². The van der Waals surface area contributed by atoms with Crippen molar-refractivity contribution in [1.29, 1.82) is 0 Å². The minimum atomic E-state index is 0.413. The van der Waals surface area contributed by atoms with Crippen LogP contribution in [0.15, 0.2) is 18.2 Å². The van der Waals surface area contributed by atoms with Gasteiger partial charge < -0.3 is 15.2 Å². The summed E-state index contributed by atoms with van der Waals surface area (Å²) in [5.41, 5.74) is 7.14. The zero-order valence-electron chi connectivity index (χ0n) is 12.0. The van der Waals surface area contributed by atoms with E-state index in [4.69, 9.17) is 15.2 Å². The Hall–Kier alpha value is -1.26. The summed E-state index contributed by atoms with van der Waals surface area (Å²) in [5.74, 6) is 1.75. The number of ether oxygens (including phenoxy) is 2. The van der Waals surface area contributed by atoms with Gasteiger partial charge in [0.15, 0.2) is 11.5 Å².